The second-order valence-corrected chi connectivity index (χ2v) is 4.65. The van der Waals surface area contributed by atoms with Crippen LogP contribution in [0.1, 0.15) is 25.3 Å². The lowest BCUT2D eigenvalue weighted by Gasteiger charge is -2.23. The van der Waals surface area contributed by atoms with Crippen molar-refractivity contribution in [1.82, 2.24) is 5.32 Å². The summed E-state index contributed by atoms with van der Waals surface area (Å²) in [5, 5.41) is 13.1. The molecule has 1 aromatic rings. The number of hydrogen-bond donors (Lipinski definition) is 2. The second-order valence-electron chi connectivity index (χ2n) is 4.65. The zero-order valence-corrected chi connectivity index (χ0v) is 9.86. The Bertz CT molecular complexity index is 341. The van der Waals surface area contributed by atoms with Crippen LogP contribution in [0, 0.1) is 0 Å². The Kier molecular flexibility index (Phi) is 3.17. The van der Waals surface area contributed by atoms with E-state index in [1.165, 1.54) is 12.8 Å². The Balaban J connectivity index is 2.05. The average Bonchev–Trinajstić information content (AvgIpc) is 3.02. The first-order chi connectivity index (χ1) is 7.62. The molecule has 2 N–H and O–H groups in total. The molecule has 1 atom stereocenters. The van der Waals surface area contributed by atoms with Crippen LogP contribution >= 0.6 is 0 Å². The molecule has 0 heterocycles. The predicted octanol–water partition coefficient (Wildman–Crippen LogP) is 1.65. The SMILES string of the molecule is CNCC(C)(O)c1ccc(OC2CC2)cc1. The van der Waals surface area contributed by atoms with Gasteiger partial charge in [0.05, 0.1) is 11.7 Å². The Morgan fingerprint density at radius 2 is 2.00 bits per heavy atom. The van der Waals surface area contributed by atoms with Gasteiger partial charge in [-0.2, -0.15) is 0 Å². The minimum absolute atomic E-state index is 0.420. The maximum atomic E-state index is 10.2. The maximum Gasteiger partial charge on any atom is 0.119 e. The van der Waals surface area contributed by atoms with Crippen LogP contribution in [0.25, 0.3) is 0 Å². The van der Waals surface area contributed by atoms with Crippen molar-refractivity contribution in [2.45, 2.75) is 31.5 Å². The smallest absolute Gasteiger partial charge is 0.119 e. The highest BCUT2D eigenvalue weighted by atomic mass is 16.5. The molecule has 0 aromatic heterocycles. The van der Waals surface area contributed by atoms with Gasteiger partial charge in [0.1, 0.15) is 5.75 Å². The molecule has 0 radical (unpaired) electrons. The third-order valence-electron chi connectivity index (χ3n) is 2.82. The normalized spacial score (nSPS) is 19.2. The molecular formula is C13H19NO2. The van der Waals surface area contributed by atoms with Crippen molar-refractivity contribution < 1.29 is 9.84 Å². The van der Waals surface area contributed by atoms with Crippen molar-refractivity contribution >= 4 is 0 Å². The summed E-state index contributed by atoms with van der Waals surface area (Å²) < 4.78 is 5.66. The second kappa shape index (κ2) is 4.44. The Morgan fingerprint density at radius 3 is 2.50 bits per heavy atom. The Labute approximate surface area is 96.4 Å². The van der Waals surface area contributed by atoms with E-state index in [0.29, 0.717) is 12.6 Å². The Morgan fingerprint density at radius 1 is 1.38 bits per heavy atom. The van der Waals surface area contributed by atoms with Crippen LogP contribution in [0.5, 0.6) is 5.75 Å². The predicted molar refractivity (Wildman–Crippen MR) is 63.6 cm³/mol. The first kappa shape index (κ1) is 11.4. The number of nitrogens with one attached hydrogen (secondary N) is 1. The summed E-state index contributed by atoms with van der Waals surface area (Å²) in [6.07, 6.45) is 2.75. The van der Waals surface area contributed by atoms with Crippen LogP contribution < -0.4 is 10.1 Å². The number of rotatable bonds is 5. The highest BCUT2D eigenvalue weighted by Crippen LogP contribution is 2.28. The molecular weight excluding hydrogens is 202 g/mol. The van der Waals surface area contributed by atoms with Gasteiger partial charge in [-0.05, 0) is 44.5 Å². The van der Waals surface area contributed by atoms with Gasteiger partial charge in [0.25, 0.3) is 0 Å². The van der Waals surface area contributed by atoms with Gasteiger partial charge in [0.15, 0.2) is 0 Å². The average molecular weight is 221 g/mol. The highest BCUT2D eigenvalue weighted by molar-refractivity contribution is 5.31. The molecule has 0 bridgehead atoms. The van der Waals surface area contributed by atoms with Crippen molar-refractivity contribution in [2.75, 3.05) is 13.6 Å². The zero-order chi connectivity index (χ0) is 11.6. The fraction of sp³-hybridized carbons (Fsp3) is 0.538. The van der Waals surface area contributed by atoms with Crippen molar-refractivity contribution in [1.29, 1.82) is 0 Å². The minimum atomic E-state index is -0.827. The molecule has 1 unspecified atom stereocenters. The van der Waals surface area contributed by atoms with E-state index < -0.39 is 5.60 Å². The van der Waals surface area contributed by atoms with Crippen molar-refractivity contribution in [3.05, 3.63) is 29.8 Å². The van der Waals surface area contributed by atoms with E-state index in [2.05, 4.69) is 5.32 Å². The van der Waals surface area contributed by atoms with Crippen molar-refractivity contribution in [3.63, 3.8) is 0 Å². The van der Waals surface area contributed by atoms with Crippen LogP contribution in [0.2, 0.25) is 0 Å². The van der Waals surface area contributed by atoms with E-state index in [9.17, 15) is 5.11 Å². The van der Waals surface area contributed by atoms with Gasteiger partial charge in [-0.25, -0.2) is 0 Å². The summed E-state index contributed by atoms with van der Waals surface area (Å²) >= 11 is 0. The lowest BCUT2D eigenvalue weighted by molar-refractivity contribution is 0.0591. The molecule has 1 saturated carbocycles. The highest BCUT2D eigenvalue weighted by Gasteiger charge is 2.24. The summed E-state index contributed by atoms with van der Waals surface area (Å²) in [6.45, 7) is 2.34. The largest absolute Gasteiger partial charge is 0.490 e. The maximum absolute atomic E-state index is 10.2. The molecule has 0 saturated heterocycles. The molecule has 0 amide bonds. The summed E-state index contributed by atoms with van der Waals surface area (Å²) in [5.74, 6) is 0.895. The van der Waals surface area contributed by atoms with E-state index in [1.807, 2.05) is 31.3 Å². The van der Waals surface area contributed by atoms with E-state index in [0.717, 1.165) is 11.3 Å². The summed E-state index contributed by atoms with van der Waals surface area (Å²) in [7, 11) is 1.83. The molecule has 3 nitrogen and oxygen atoms in total. The van der Waals surface area contributed by atoms with Crippen LogP contribution in [-0.4, -0.2) is 24.8 Å². The van der Waals surface area contributed by atoms with Gasteiger partial charge in [-0.1, -0.05) is 12.1 Å². The molecule has 16 heavy (non-hydrogen) atoms. The van der Waals surface area contributed by atoms with Crippen molar-refractivity contribution in [2.24, 2.45) is 0 Å². The quantitative estimate of drug-likeness (QED) is 0.794. The minimum Gasteiger partial charge on any atom is -0.490 e. The third kappa shape index (κ3) is 2.74. The first-order valence-electron chi connectivity index (χ1n) is 5.76. The molecule has 1 aliphatic carbocycles. The lowest BCUT2D eigenvalue weighted by Crippen LogP contribution is -2.33. The van der Waals surface area contributed by atoms with Gasteiger partial charge in [0, 0.05) is 6.54 Å². The van der Waals surface area contributed by atoms with Crippen molar-refractivity contribution in [3.8, 4) is 5.75 Å². The van der Waals surface area contributed by atoms with Crippen LogP contribution in [-0.2, 0) is 5.60 Å². The number of hydrogen-bond acceptors (Lipinski definition) is 3. The van der Waals surface area contributed by atoms with Crippen LogP contribution in [0.4, 0.5) is 0 Å². The fourth-order valence-electron chi connectivity index (χ4n) is 1.72. The Hall–Kier alpha value is -1.06. The zero-order valence-electron chi connectivity index (χ0n) is 9.86. The topological polar surface area (TPSA) is 41.5 Å². The first-order valence-corrected chi connectivity index (χ1v) is 5.76. The van der Waals surface area contributed by atoms with E-state index in [4.69, 9.17) is 4.74 Å². The molecule has 1 aliphatic rings. The van der Waals surface area contributed by atoms with Gasteiger partial charge < -0.3 is 15.2 Å². The number of likely N-dealkylation sites (N-methyl/N-ethyl adjacent to an activating group) is 1. The summed E-state index contributed by atoms with van der Waals surface area (Å²) in [4.78, 5) is 0. The van der Waals surface area contributed by atoms with Gasteiger partial charge in [-0.3, -0.25) is 0 Å². The monoisotopic (exact) mass is 221 g/mol. The van der Waals surface area contributed by atoms with Gasteiger partial charge in [-0.15, -0.1) is 0 Å². The van der Waals surface area contributed by atoms with E-state index in [1.54, 1.807) is 6.92 Å². The summed E-state index contributed by atoms with van der Waals surface area (Å²) in [5.41, 5.74) is 0.0809. The number of benzene rings is 1. The van der Waals surface area contributed by atoms with Gasteiger partial charge in [0.2, 0.25) is 0 Å². The third-order valence-corrected chi connectivity index (χ3v) is 2.82. The molecule has 3 heteroatoms. The van der Waals surface area contributed by atoms with Crippen LogP contribution in [0.15, 0.2) is 24.3 Å². The number of ether oxygens (including phenoxy) is 1. The lowest BCUT2D eigenvalue weighted by atomic mass is 9.96. The van der Waals surface area contributed by atoms with E-state index >= 15 is 0 Å². The van der Waals surface area contributed by atoms with Gasteiger partial charge >= 0.3 is 0 Å². The van der Waals surface area contributed by atoms with Crippen LogP contribution in [0.3, 0.4) is 0 Å². The number of aliphatic hydroxyl groups is 1. The van der Waals surface area contributed by atoms with E-state index in [-0.39, 0.29) is 0 Å². The molecule has 2 rings (SSSR count). The fourth-order valence-corrected chi connectivity index (χ4v) is 1.72. The standard InChI is InChI=1S/C13H19NO2/c1-13(15,9-14-2)10-3-5-11(6-4-10)16-12-7-8-12/h3-6,12,14-15H,7-9H2,1-2H3. The molecule has 88 valence electrons. The molecule has 0 aliphatic heterocycles. The molecule has 0 spiro atoms. The molecule has 1 aromatic carbocycles. The molecule has 1 fully saturated rings. The summed E-state index contributed by atoms with van der Waals surface area (Å²) in [6, 6.07) is 7.71.